The normalized spacial score (nSPS) is 10.9. The fourth-order valence-electron chi connectivity index (χ4n) is 2.50. The van der Waals surface area contributed by atoms with E-state index in [0.717, 1.165) is 5.69 Å². The number of aromatic hydroxyl groups is 1. The minimum Gasteiger partial charge on any atom is -0.506 e. The molecule has 0 amide bonds. The largest absolute Gasteiger partial charge is 0.506 e. The number of fused-ring (bicyclic) bond motifs is 1. The molecule has 0 aliphatic rings. The van der Waals surface area contributed by atoms with Crippen LogP contribution in [0.3, 0.4) is 0 Å². The van der Waals surface area contributed by atoms with Crippen molar-refractivity contribution in [3.63, 3.8) is 0 Å². The second-order valence-electron chi connectivity index (χ2n) is 5.42. The summed E-state index contributed by atoms with van der Waals surface area (Å²) < 4.78 is 0. The summed E-state index contributed by atoms with van der Waals surface area (Å²) in [5.41, 5.74) is 14.6. The lowest BCUT2D eigenvalue weighted by molar-refractivity contribution is 0.276. The van der Waals surface area contributed by atoms with E-state index in [1.807, 2.05) is 12.1 Å². The Bertz CT molecular complexity index is 913. The molecular weight excluding hydrogens is 308 g/mol. The average Bonchev–Trinajstić information content (AvgIpc) is 2.56. The maximum absolute atomic E-state index is 10.1. The number of nitrogen functional groups attached to an aromatic ring is 2. The molecule has 0 radical (unpaired) electrons. The van der Waals surface area contributed by atoms with Crippen LogP contribution in [0, 0.1) is 6.92 Å². The molecule has 2 heterocycles. The van der Waals surface area contributed by atoms with E-state index in [4.69, 9.17) is 11.5 Å². The van der Waals surface area contributed by atoms with Crippen molar-refractivity contribution < 1.29 is 10.2 Å². The first-order chi connectivity index (χ1) is 11.5. The molecule has 124 valence electrons. The highest BCUT2D eigenvalue weighted by atomic mass is 16.3. The number of benzene rings is 1. The van der Waals surface area contributed by atoms with E-state index in [-0.39, 0.29) is 18.3 Å². The first-order valence-electron chi connectivity index (χ1n) is 7.33. The van der Waals surface area contributed by atoms with Gasteiger partial charge in [-0.15, -0.1) is 0 Å². The summed E-state index contributed by atoms with van der Waals surface area (Å²) in [6, 6.07) is 7.12. The Morgan fingerprint density at radius 2 is 1.92 bits per heavy atom. The van der Waals surface area contributed by atoms with Crippen LogP contribution in [0.1, 0.15) is 17.0 Å². The van der Waals surface area contributed by atoms with Gasteiger partial charge in [0.05, 0.1) is 23.5 Å². The monoisotopic (exact) mass is 326 g/mol. The van der Waals surface area contributed by atoms with Crippen LogP contribution in [0.5, 0.6) is 5.75 Å². The van der Waals surface area contributed by atoms with Gasteiger partial charge >= 0.3 is 0 Å². The Hall–Kier alpha value is -3.13. The summed E-state index contributed by atoms with van der Waals surface area (Å²) in [5.74, 6) is 0.553. The van der Waals surface area contributed by atoms with Crippen LogP contribution in [0.4, 0.5) is 17.5 Å². The molecule has 8 heteroatoms. The number of nitrogens with zero attached hydrogens (tertiary/aromatic N) is 3. The molecule has 0 saturated carbocycles. The maximum atomic E-state index is 10.1. The number of aryl methyl sites for hydroxylation is 1. The van der Waals surface area contributed by atoms with Crippen LogP contribution in [0.25, 0.3) is 10.9 Å². The summed E-state index contributed by atoms with van der Waals surface area (Å²) in [5, 5.41) is 23.2. The molecule has 8 nitrogen and oxygen atoms in total. The third-order valence-corrected chi connectivity index (χ3v) is 3.69. The number of nitrogens with one attached hydrogen (secondary N) is 1. The number of rotatable bonds is 4. The predicted octanol–water partition coefficient (Wildman–Crippen LogP) is 1.31. The molecule has 24 heavy (non-hydrogen) atoms. The molecule has 2 aromatic heterocycles. The molecule has 0 saturated heterocycles. The number of anilines is 3. The predicted molar refractivity (Wildman–Crippen MR) is 92.3 cm³/mol. The van der Waals surface area contributed by atoms with Gasteiger partial charge in [0, 0.05) is 23.2 Å². The Kier molecular flexibility index (Phi) is 4.05. The van der Waals surface area contributed by atoms with Crippen molar-refractivity contribution in [3.05, 3.63) is 41.2 Å². The second kappa shape index (κ2) is 6.17. The highest BCUT2D eigenvalue weighted by Crippen LogP contribution is 2.25. The minimum atomic E-state index is -0.181. The van der Waals surface area contributed by atoms with Crippen LogP contribution in [-0.4, -0.2) is 25.2 Å². The molecule has 3 aromatic rings. The van der Waals surface area contributed by atoms with Gasteiger partial charge in [-0.25, -0.2) is 4.98 Å². The number of aliphatic hydroxyl groups excluding tert-OH is 1. The summed E-state index contributed by atoms with van der Waals surface area (Å²) in [4.78, 5) is 12.2. The number of nitrogens with two attached hydrogens (primary N) is 2. The number of hydrogen-bond donors (Lipinski definition) is 5. The topological polar surface area (TPSA) is 143 Å². The molecule has 0 bridgehead atoms. The highest BCUT2D eigenvalue weighted by molar-refractivity contribution is 5.91. The SMILES string of the molecule is Cc1nc(CO)cc(CNc2ccc3nc(N)nc(N)c3c2)c1O. The molecule has 1 aromatic carbocycles. The molecular formula is C16H18N6O2. The van der Waals surface area contributed by atoms with Crippen molar-refractivity contribution in [2.75, 3.05) is 16.8 Å². The van der Waals surface area contributed by atoms with Gasteiger partial charge in [-0.05, 0) is 31.2 Å². The fourth-order valence-corrected chi connectivity index (χ4v) is 2.50. The Morgan fingerprint density at radius 3 is 2.67 bits per heavy atom. The van der Waals surface area contributed by atoms with E-state index >= 15 is 0 Å². The van der Waals surface area contributed by atoms with Gasteiger partial charge in [0.2, 0.25) is 5.95 Å². The highest BCUT2D eigenvalue weighted by Gasteiger charge is 2.09. The third-order valence-electron chi connectivity index (χ3n) is 3.69. The minimum absolute atomic E-state index is 0.108. The first-order valence-corrected chi connectivity index (χ1v) is 7.33. The molecule has 0 spiro atoms. The Labute approximate surface area is 138 Å². The third kappa shape index (κ3) is 2.99. The van der Waals surface area contributed by atoms with Gasteiger partial charge in [-0.2, -0.15) is 4.98 Å². The summed E-state index contributed by atoms with van der Waals surface area (Å²) in [6.45, 7) is 1.87. The molecule has 0 aliphatic heterocycles. The Balaban J connectivity index is 1.87. The molecule has 0 atom stereocenters. The lowest BCUT2D eigenvalue weighted by Gasteiger charge is -2.12. The zero-order chi connectivity index (χ0) is 17.3. The molecule has 7 N–H and O–H groups in total. The van der Waals surface area contributed by atoms with Crippen molar-refractivity contribution in [2.45, 2.75) is 20.1 Å². The molecule has 0 aliphatic carbocycles. The average molecular weight is 326 g/mol. The molecule has 0 fully saturated rings. The van der Waals surface area contributed by atoms with Crippen LogP contribution in [-0.2, 0) is 13.2 Å². The van der Waals surface area contributed by atoms with E-state index in [1.165, 1.54) is 0 Å². The van der Waals surface area contributed by atoms with Gasteiger partial charge in [0.15, 0.2) is 0 Å². The molecule has 0 unspecified atom stereocenters. The zero-order valence-corrected chi connectivity index (χ0v) is 13.1. The smallest absolute Gasteiger partial charge is 0.222 e. The zero-order valence-electron chi connectivity index (χ0n) is 13.1. The number of aliphatic hydroxyl groups is 1. The van der Waals surface area contributed by atoms with E-state index in [0.29, 0.717) is 40.2 Å². The lowest BCUT2D eigenvalue weighted by Crippen LogP contribution is -2.04. The van der Waals surface area contributed by atoms with Crippen LogP contribution in [0.2, 0.25) is 0 Å². The van der Waals surface area contributed by atoms with Crippen LogP contribution in [0.15, 0.2) is 24.3 Å². The van der Waals surface area contributed by atoms with E-state index < -0.39 is 0 Å². The van der Waals surface area contributed by atoms with Gasteiger partial charge in [-0.1, -0.05) is 0 Å². The standard InChI is InChI=1S/C16H18N6O2/c1-8-14(24)9(4-11(7-23)20-8)6-19-10-2-3-13-12(5-10)15(17)22-16(18)21-13/h2-5,19,23-24H,6-7H2,1H3,(H4,17,18,21,22). The maximum Gasteiger partial charge on any atom is 0.222 e. The number of pyridine rings is 1. The Morgan fingerprint density at radius 1 is 1.12 bits per heavy atom. The van der Waals surface area contributed by atoms with Crippen molar-refractivity contribution in [2.24, 2.45) is 0 Å². The van der Waals surface area contributed by atoms with Crippen LogP contribution >= 0.6 is 0 Å². The lowest BCUT2D eigenvalue weighted by atomic mass is 10.1. The van der Waals surface area contributed by atoms with Gasteiger partial charge < -0.3 is 27.0 Å². The van der Waals surface area contributed by atoms with Gasteiger partial charge in [0.1, 0.15) is 11.6 Å². The number of hydrogen-bond acceptors (Lipinski definition) is 8. The fraction of sp³-hybridized carbons (Fsp3) is 0.188. The van der Waals surface area contributed by atoms with Gasteiger partial charge in [0.25, 0.3) is 0 Å². The van der Waals surface area contributed by atoms with E-state index in [2.05, 4.69) is 20.3 Å². The van der Waals surface area contributed by atoms with Gasteiger partial charge in [-0.3, -0.25) is 4.98 Å². The summed E-state index contributed by atoms with van der Waals surface area (Å²) in [6.07, 6.45) is 0. The van der Waals surface area contributed by atoms with Crippen molar-refractivity contribution >= 4 is 28.4 Å². The molecule has 3 rings (SSSR count). The van der Waals surface area contributed by atoms with Crippen molar-refractivity contribution in [3.8, 4) is 5.75 Å². The van der Waals surface area contributed by atoms with Crippen molar-refractivity contribution in [1.29, 1.82) is 0 Å². The van der Waals surface area contributed by atoms with E-state index in [1.54, 1.807) is 19.1 Å². The van der Waals surface area contributed by atoms with Crippen LogP contribution < -0.4 is 16.8 Å². The summed E-state index contributed by atoms with van der Waals surface area (Å²) in [7, 11) is 0. The summed E-state index contributed by atoms with van der Waals surface area (Å²) >= 11 is 0. The van der Waals surface area contributed by atoms with Crippen molar-refractivity contribution in [1.82, 2.24) is 15.0 Å². The second-order valence-corrected chi connectivity index (χ2v) is 5.42. The van der Waals surface area contributed by atoms with E-state index in [9.17, 15) is 10.2 Å². The first kappa shape index (κ1) is 15.8. The quantitative estimate of drug-likeness (QED) is 0.483. The number of aromatic nitrogens is 3.